The van der Waals surface area contributed by atoms with Crippen molar-refractivity contribution in [3.63, 3.8) is 0 Å². The number of rotatable bonds is 4. The Balaban J connectivity index is 0.00000162. The molecule has 1 aromatic carbocycles. The molecule has 1 aromatic heterocycles. The zero-order valence-corrected chi connectivity index (χ0v) is 10.8. The molecule has 18 heavy (non-hydrogen) atoms. The third kappa shape index (κ3) is 3.06. The van der Waals surface area contributed by atoms with Crippen LogP contribution < -0.4 is 5.11 Å². The second-order valence-corrected chi connectivity index (χ2v) is 3.87. The Bertz CT molecular complexity index is 550. The molecule has 7 heteroatoms. The van der Waals surface area contributed by atoms with Gasteiger partial charge in [0.1, 0.15) is 5.52 Å². The standard InChI is InChI=1S/C11H9NO4S.Co/c13-9(14)5-6(11(15)17)10-12-7-3-1-2-4-8(7)16-10;/h1-4,6H,5H2,(H,13,14)(H,15,17);/q;+2/p-2. The van der Waals surface area contributed by atoms with E-state index in [0.29, 0.717) is 11.1 Å². The molecule has 0 aliphatic carbocycles. The summed E-state index contributed by atoms with van der Waals surface area (Å²) in [5.41, 5.74) is 1.05. The summed E-state index contributed by atoms with van der Waals surface area (Å²) in [5, 5.41) is 9.80. The first kappa shape index (κ1) is 14.6. The molecule has 95 valence electrons. The van der Waals surface area contributed by atoms with Crippen molar-refractivity contribution in [3.05, 3.63) is 30.2 Å². The average molecular weight is 308 g/mol. The number of benzene rings is 1. The second kappa shape index (κ2) is 5.94. The summed E-state index contributed by atoms with van der Waals surface area (Å²) in [6, 6.07) is 6.89. The Morgan fingerprint density at radius 2 is 2.06 bits per heavy atom. The van der Waals surface area contributed by atoms with Crippen molar-refractivity contribution < 1.29 is 35.9 Å². The van der Waals surface area contributed by atoms with Gasteiger partial charge in [-0.15, -0.1) is 0 Å². The van der Waals surface area contributed by atoms with Gasteiger partial charge < -0.3 is 31.7 Å². The first-order chi connectivity index (χ1) is 8.08. The monoisotopic (exact) mass is 308 g/mol. The maximum atomic E-state index is 11.2. The zero-order valence-electron chi connectivity index (χ0n) is 8.92. The van der Waals surface area contributed by atoms with Crippen LogP contribution in [0.5, 0.6) is 0 Å². The van der Waals surface area contributed by atoms with Gasteiger partial charge in [0.25, 0.3) is 0 Å². The molecular weight excluding hydrogens is 301 g/mol. The largest absolute Gasteiger partial charge is 2.00 e. The fourth-order valence-electron chi connectivity index (χ4n) is 1.48. The number of carbonyl (C=O) groups is 2. The minimum Gasteiger partial charge on any atom is -0.741 e. The van der Waals surface area contributed by atoms with Crippen LogP contribution in [0.2, 0.25) is 0 Å². The molecule has 5 nitrogen and oxygen atoms in total. The number of nitrogens with zero attached hydrogens (tertiary/aromatic N) is 1. The molecule has 0 fully saturated rings. The third-order valence-corrected chi connectivity index (χ3v) is 2.55. The molecule has 0 saturated heterocycles. The van der Waals surface area contributed by atoms with Gasteiger partial charge in [0.05, 0.1) is 5.92 Å². The zero-order chi connectivity index (χ0) is 12.4. The van der Waals surface area contributed by atoms with Gasteiger partial charge in [0.2, 0.25) is 5.89 Å². The van der Waals surface area contributed by atoms with Crippen LogP contribution in [-0.2, 0) is 39.0 Å². The topological polar surface area (TPSA) is 83.2 Å². The summed E-state index contributed by atoms with van der Waals surface area (Å²) in [5.74, 6) is -2.41. The van der Waals surface area contributed by atoms with E-state index in [0.717, 1.165) is 0 Å². The number of carbonyl (C=O) groups excluding carboxylic acids is 2. The maximum Gasteiger partial charge on any atom is 2.00 e. The number of hydrogen-bond acceptors (Lipinski definition) is 6. The van der Waals surface area contributed by atoms with Gasteiger partial charge in [0, 0.05) is 17.5 Å². The van der Waals surface area contributed by atoms with Gasteiger partial charge in [-0.2, -0.15) is 0 Å². The molecule has 1 atom stereocenters. The van der Waals surface area contributed by atoms with Crippen molar-refractivity contribution in [2.45, 2.75) is 12.3 Å². The quantitative estimate of drug-likeness (QED) is 0.746. The van der Waals surface area contributed by atoms with E-state index >= 15 is 0 Å². The SMILES string of the molecule is O=C([O-])CC(C(=O)[S-])c1nc2ccccc2o1.[Co+2]. The molecule has 0 aliphatic heterocycles. The number of carboxylic acid groups (broad SMARTS) is 1. The average Bonchev–Trinajstić information content (AvgIpc) is 2.68. The van der Waals surface area contributed by atoms with E-state index in [9.17, 15) is 14.7 Å². The Kier molecular flexibility index (Phi) is 4.82. The fraction of sp³-hybridized carbons (Fsp3) is 0.182. The van der Waals surface area contributed by atoms with Crippen LogP contribution in [0.15, 0.2) is 28.7 Å². The van der Waals surface area contributed by atoms with Crippen molar-refractivity contribution in [2.75, 3.05) is 0 Å². The fourth-order valence-corrected chi connectivity index (χ4v) is 1.66. The van der Waals surface area contributed by atoms with Crippen LogP contribution in [0.4, 0.5) is 0 Å². The molecule has 0 saturated carbocycles. The van der Waals surface area contributed by atoms with Crippen molar-refractivity contribution >= 4 is 34.8 Å². The number of para-hydroxylation sites is 2. The predicted octanol–water partition coefficient (Wildman–Crippen LogP) is 0.122. The Hall–Kier alpha value is -1.44. The van der Waals surface area contributed by atoms with Crippen molar-refractivity contribution in [1.29, 1.82) is 0 Å². The number of aliphatic carboxylic acids is 1. The molecule has 2 aromatic rings. The van der Waals surface area contributed by atoms with Gasteiger partial charge >= 0.3 is 16.8 Å². The first-order valence-corrected chi connectivity index (χ1v) is 5.25. The van der Waals surface area contributed by atoms with Crippen LogP contribution in [-0.4, -0.2) is 16.1 Å². The molecule has 1 radical (unpaired) electrons. The van der Waals surface area contributed by atoms with E-state index in [2.05, 4.69) is 17.6 Å². The van der Waals surface area contributed by atoms with Crippen LogP contribution in [0.3, 0.4) is 0 Å². The molecule has 0 spiro atoms. The molecular formula is C11H7CoNO4S. The van der Waals surface area contributed by atoms with E-state index in [1.807, 2.05) is 0 Å². The van der Waals surface area contributed by atoms with E-state index in [1.165, 1.54) is 0 Å². The molecule has 1 heterocycles. The van der Waals surface area contributed by atoms with Crippen molar-refractivity contribution in [2.24, 2.45) is 0 Å². The number of hydrogen-bond donors (Lipinski definition) is 0. The van der Waals surface area contributed by atoms with Crippen LogP contribution in [0.25, 0.3) is 11.1 Å². The number of oxazole rings is 1. The summed E-state index contributed by atoms with van der Waals surface area (Å²) in [6.45, 7) is 0. The second-order valence-electron chi connectivity index (χ2n) is 3.47. The van der Waals surface area contributed by atoms with Crippen LogP contribution in [0, 0.1) is 0 Å². The van der Waals surface area contributed by atoms with E-state index in [1.54, 1.807) is 24.3 Å². The summed E-state index contributed by atoms with van der Waals surface area (Å²) >= 11 is 4.48. The molecule has 0 bridgehead atoms. The minimum absolute atomic E-state index is 0. The predicted molar refractivity (Wildman–Crippen MR) is 58.7 cm³/mol. The van der Waals surface area contributed by atoms with Gasteiger partial charge in [-0.25, -0.2) is 4.98 Å². The Morgan fingerprint density at radius 1 is 1.39 bits per heavy atom. The number of aromatic nitrogens is 1. The summed E-state index contributed by atoms with van der Waals surface area (Å²) < 4.78 is 5.30. The van der Waals surface area contributed by atoms with E-state index in [4.69, 9.17) is 4.42 Å². The smallest absolute Gasteiger partial charge is 0.741 e. The first-order valence-electron chi connectivity index (χ1n) is 4.84. The van der Waals surface area contributed by atoms with Crippen LogP contribution >= 0.6 is 0 Å². The summed E-state index contributed by atoms with van der Waals surface area (Å²) in [7, 11) is 0. The molecule has 1 unspecified atom stereocenters. The third-order valence-electron chi connectivity index (χ3n) is 2.26. The molecule has 0 aliphatic rings. The number of fused-ring (bicyclic) bond motifs is 1. The molecule has 2 rings (SSSR count). The maximum absolute atomic E-state index is 11.2. The normalized spacial score (nSPS) is 11.8. The van der Waals surface area contributed by atoms with E-state index in [-0.39, 0.29) is 22.7 Å². The van der Waals surface area contributed by atoms with Crippen molar-refractivity contribution in [1.82, 2.24) is 4.98 Å². The number of carboxylic acids is 1. The van der Waals surface area contributed by atoms with E-state index < -0.39 is 23.4 Å². The Labute approximate surface area is 118 Å². The van der Waals surface area contributed by atoms with Crippen LogP contribution in [0.1, 0.15) is 18.2 Å². The summed E-state index contributed by atoms with van der Waals surface area (Å²) in [6.07, 6.45) is -0.519. The van der Waals surface area contributed by atoms with Gasteiger partial charge in [-0.3, -0.25) is 0 Å². The van der Waals surface area contributed by atoms with Gasteiger partial charge in [0.15, 0.2) is 5.58 Å². The minimum atomic E-state index is -1.37. The Morgan fingerprint density at radius 3 is 2.61 bits per heavy atom. The van der Waals surface area contributed by atoms with Crippen molar-refractivity contribution in [3.8, 4) is 0 Å². The van der Waals surface area contributed by atoms with Gasteiger partial charge in [-0.05, 0) is 12.1 Å². The molecule has 0 N–H and O–H groups in total. The summed E-state index contributed by atoms with van der Waals surface area (Å²) in [4.78, 5) is 25.7. The molecule has 0 amide bonds. The van der Waals surface area contributed by atoms with Gasteiger partial charge in [-0.1, -0.05) is 12.1 Å².